The van der Waals surface area contributed by atoms with Gasteiger partial charge in [-0.15, -0.1) is 16.7 Å². The Bertz CT molecular complexity index is 453. The summed E-state index contributed by atoms with van der Waals surface area (Å²) in [6.07, 6.45) is 1.03. The van der Waals surface area contributed by atoms with Crippen LogP contribution in [-0.2, 0) is 12.3 Å². The summed E-state index contributed by atoms with van der Waals surface area (Å²) in [5.41, 5.74) is 2.21. The van der Waals surface area contributed by atoms with Crippen LogP contribution in [0.1, 0.15) is 18.4 Å². The summed E-state index contributed by atoms with van der Waals surface area (Å²) in [6.45, 7) is 2.12. The predicted molar refractivity (Wildman–Crippen MR) is 63.0 cm³/mol. The highest BCUT2D eigenvalue weighted by Gasteiger charge is 2.04. The Hall–Kier alpha value is -1.55. The molecule has 0 aliphatic carbocycles. The zero-order valence-electron chi connectivity index (χ0n) is 8.90. The van der Waals surface area contributed by atoms with Crippen molar-refractivity contribution in [1.82, 2.24) is 10.2 Å². The van der Waals surface area contributed by atoms with Crippen LogP contribution in [0.15, 0.2) is 28.7 Å². The van der Waals surface area contributed by atoms with Crippen LogP contribution in [0.2, 0.25) is 0 Å². The number of hydrogen-bond acceptors (Lipinski definition) is 4. The van der Waals surface area contributed by atoms with Gasteiger partial charge in [-0.1, -0.05) is 24.2 Å². The molecule has 1 aromatic heterocycles. The van der Waals surface area contributed by atoms with Gasteiger partial charge >= 0.3 is 6.01 Å². The maximum Gasteiger partial charge on any atom is 0.320 e. The third-order valence-corrected chi connectivity index (χ3v) is 2.42. The fourth-order valence-electron chi connectivity index (χ4n) is 1.31. The molecule has 16 heavy (non-hydrogen) atoms. The zero-order chi connectivity index (χ0) is 11.4. The lowest BCUT2D eigenvalue weighted by Crippen LogP contribution is -1.90. The van der Waals surface area contributed by atoms with Crippen molar-refractivity contribution in [1.29, 1.82) is 0 Å². The van der Waals surface area contributed by atoms with Gasteiger partial charge < -0.3 is 9.73 Å². The zero-order valence-corrected chi connectivity index (χ0v) is 9.66. The molecule has 0 amide bonds. The summed E-state index contributed by atoms with van der Waals surface area (Å²) in [5, 5.41) is 10.6. The molecule has 0 saturated carbocycles. The largest absolute Gasteiger partial charge is 0.407 e. The highest BCUT2D eigenvalue weighted by molar-refractivity contribution is 6.16. The lowest BCUT2D eigenvalue weighted by molar-refractivity contribution is 0.530. The van der Waals surface area contributed by atoms with Gasteiger partial charge in [0.15, 0.2) is 0 Å². The quantitative estimate of drug-likeness (QED) is 0.831. The second-order valence-electron chi connectivity index (χ2n) is 3.31. The van der Waals surface area contributed by atoms with E-state index in [0.717, 1.165) is 12.1 Å². The van der Waals surface area contributed by atoms with E-state index < -0.39 is 0 Å². The molecule has 0 unspecified atom stereocenters. The van der Waals surface area contributed by atoms with Crippen molar-refractivity contribution >= 4 is 23.3 Å². The van der Waals surface area contributed by atoms with Gasteiger partial charge in [-0.2, -0.15) is 0 Å². The first kappa shape index (κ1) is 11.0. The molecule has 0 saturated heterocycles. The van der Waals surface area contributed by atoms with E-state index in [1.165, 1.54) is 5.56 Å². The second kappa shape index (κ2) is 4.99. The van der Waals surface area contributed by atoms with Crippen LogP contribution in [-0.4, -0.2) is 10.2 Å². The van der Waals surface area contributed by atoms with Gasteiger partial charge in [0.1, 0.15) is 5.88 Å². The Morgan fingerprint density at radius 1 is 1.25 bits per heavy atom. The number of aryl methyl sites for hydroxylation is 1. The number of nitrogens with one attached hydrogen (secondary N) is 1. The number of rotatable bonds is 4. The highest BCUT2D eigenvalue weighted by atomic mass is 35.5. The van der Waals surface area contributed by atoms with Crippen LogP contribution in [0.5, 0.6) is 0 Å². The number of halogens is 1. The van der Waals surface area contributed by atoms with Crippen molar-refractivity contribution in [3.05, 3.63) is 35.7 Å². The summed E-state index contributed by atoms with van der Waals surface area (Å²) in [5.74, 6) is 0.637. The van der Waals surface area contributed by atoms with Crippen LogP contribution in [0.4, 0.5) is 11.7 Å². The van der Waals surface area contributed by atoms with E-state index in [2.05, 4.69) is 34.6 Å². The minimum atomic E-state index is 0.226. The molecular weight excluding hydrogens is 226 g/mol. The minimum Gasteiger partial charge on any atom is -0.407 e. The standard InChI is InChI=1S/C11H12ClN3O/c1-2-8-3-5-9(6-4-8)13-11-15-14-10(7-12)16-11/h3-6H,2,7H2,1H3,(H,13,15). The van der Waals surface area contributed by atoms with Gasteiger partial charge in [-0.05, 0) is 24.1 Å². The third kappa shape index (κ3) is 2.52. The number of benzene rings is 1. The lowest BCUT2D eigenvalue weighted by atomic mass is 10.1. The Kier molecular flexibility index (Phi) is 3.41. The van der Waals surface area contributed by atoms with Gasteiger partial charge in [0.2, 0.25) is 5.89 Å². The van der Waals surface area contributed by atoms with E-state index in [1.54, 1.807) is 0 Å². The Balaban J connectivity index is 2.08. The van der Waals surface area contributed by atoms with Crippen LogP contribution in [0.25, 0.3) is 0 Å². The van der Waals surface area contributed by atoms with Gasteiger partial charge in [0.25, 0.3) is 0 Å². The molecule has 0 aliphatic rings. The molecule has 1 aromatic carbocycles. The van der Waals surface area contributed by atoms with Crippen LogP contribution in [0, 0.1) is 0 Å². The first-order valence-corrected chi connectivity index (χ1v) is 5.59. The number of anilines is 2. The molecule has 0 spiro atoms. The third-order valence-electron chi connectivity index (χ3n) is 2.19. The average molecular weight is 238 g/mol. The van der Waals surface area contributed by atoms with E-state index in [9.17, 15) is 0 Å². The van der Waals surface area contributed by atoms with E-state index in [-0.39, 0.29) is 5.88 Å². The molecule has 0 fully saturated rings. The first-order valence-electron chi connectivity index (χ1n) is 5.06. The highest BCUT2D eigenvalue weighted by Crippen LogP contribution is 2.16. The van der Waals surface area contributed by atoms with E-state index in [0.29, 0.717) is 11.9 Å². The molecular formula is C11H12ClN3O. The Morgan fingerprint density at radius 3 is 2.56 bits per heavy atom. The van der Waals surface area contributed by atoms with E-state index in [1.807, 2.05) is 12.1 Å². The summed E-state index contributed by atoms with van der Waals surface area (Å²) in [6, 6.07) is 8.43. The molecule has 2 rings (SSSR count). The fourth-order valence-corrected chi connectivity index (χ4v) is 1.41. The molecule has 0 atom stereocenters. The molecule has 1 N–H and O–H groups in total. The monoisotopic (exact) mass is 237 g/mol. The van der Waals surface area contributed by atoms with Gasteiger partial charge in [-0.25, -0.2) is 0 Å². The SMILES string of the molecule is CCc1ccc(Nc2nnc(CCl)o2)cc1. The van der Waals surface area contributed by atoms with Crippen LogP contribution >= 0.6 is 11.6 Å². The maximum absolute atomic E-state index is 5.56. The summed E-state index contributed by atoms with van der Waals surface area (Å²) < 4.78 is 5.23. The van der Waals surface area contributed by atoms with Crippen molar-refractivity contribution in [3.8, 4) is 0 Å². The molecule has 4 nitrogen and oxygen atoms in total. The molecule has 0 radical (unpaired) electrons. The van der Waals surface area contributed by atoms with Crippen molar-refractivity contribution < 1.29 is 4.42 Å². The maximum atomic E-state index is 5.56. The van der Waals surface area contributed by atoms with Crippen LogP contribution < -0.4 is 5.32 Å². The topological polar surface area (TPSA) is 51.0 Å². The number of nitrogens with zero attached hydrogens (tertiary/aromatic N) is 2. The molecule has 0 aliphatic heterocycles. The summed E-state index contributed by atoms with van der Waals surface area (Å²) in [4.78, 5) is 0. The smallest absolute Gasteiger partial charge is 0.320 e. The number of alkyl halides is 1. The van der Waals surface area contributed by atoms with Crippen molar-refractivity contribution in [2.75, 3.05) is 5.32 Å². The van der Waals surface area contributed by atoms with Crippen molar-refractivity contribution in [2.24, 2.45) is 0 Å². The van der Waals surface area contributed by atoms with Gasteiger partial charge in [0.05, 0.1) is 0 Å². The molecule has 84 valence electrons. The average Bonchev–Trinajstić information content (AvgIpc) is 2.78. The van der Waals surface area contributed by atoms with Gasteiger partial charge in [-0.3, -0.25) is 0 Å². The van der Waals surface area contributed by atoms with Crippen molar-refractivity contribution in [3.63, 3.8) is 0 Å². The predicted octanol–water partition coefficient (Wildman–Crippen LogP) is 3.11. The lowest BCUT2D eigenvalue weighted by Gasteiger charge is -2.01. The number of aromatic nitrogens is 2. The first-order chi connectivity index (χ1) is 7.81. The fraction of sp³-hybridized carbons (Fsp3) is 0.273. The number of hydrogen-bond donors (Lipinski definition) is 1. The molecule has 2 aromatic rings. The summed E-state index contributed by atoms with van der Waals surface area (Å²) >= 11 is 5.56. The normalized spacial score (nSPS) is 10.4. The van der Waals surface area contributed by atoms with E-state index >= 15 is 0 Å². The van der Waals surface area contributed by atoms with Crippen LogP contribution in [0.3, 0.4) is 0 Å². The molecule has 1 heterocycles. The summed E-state index contributed by atoms with van der Waals surface area (Å²) in [7, 11) is 0. The van der Waals surface area contributed by atoms with Crippen molar-refractivity contribution in [2.45, 2.75) is 19.2 Å². The van der Waals surface area contributed by atoms with Gasteiger partial charge in [0, 0.05) is 5.69 Å². The Morgan fingerprint density at radius 2 is 2.00 bits per heavy atom. The molecule has 0 bridgehead atoms. The Labute approximate surface area is 98.6 Å². The minimum absolute atomic E-state index is 0.226. The molecule has 5 heteroatoms. The second-order valence-corrected chi connectivity index (χ2v) is 3.58. The van der Waals surface area contributed by atoms with E-state index in [4.69, 9.17) is 16.0 Å².